The van der Waals surface area contributed by atoms with E-state index in [0.29, 0.717) is 12.8 Å². The second kappa shape index (κ2) is 7.93. The second-order valence-corrected chi connectivity index (χ2v) is 5.43. The second-order valence-electron chi connectivity index (χ2n) is 5.43. The van der Waals surface area contributed by atoms with E-state index in [4.69, 9.17) is 5.73 Å². The number of imidazole rings is 1. The molecule has 0 fully saturated rings. The van der Waals surface area contributed by atoms with Crippen LogP contribution in [0.3, 0.4) is 0 Å². The monoisotopic (exact) mass is 287 g/mol. The number of carbonyl (C=O) groups is 1. The number of nitrogens with zero attached hydrogens (tertiary/aromatic N) is 2. The molecule has 0 amide bonds. The lowest BCUT2D eigenvalue weighted by molar-refractivity contribution is -0.118. The molecule has 4 nitrogen and oxygen atoms in total. The number of rotatable bonds is 9. The Hall–Kier alpha value is -1.68. The molecule has 21 heavy (non-hydrogen) atoms. The van der Waals surface area contributed by atoms with Gasteiger partial charge in [-0.25, -0.2) is 4.98 Å². The van der Waals surface area contributed by atoms with Gasteiger partial charge in [-0.2, -0.15) is 0 Å². The summed E-state index contributed by atoms with van der Waals surface area (Å²) in [6, 6.07) is 8.06. The molecule has 1 aromatic carbocycles. The lowest BCUT2D eigenvalue weighted by Gasteiger charge is -2.05. The van der Waals surface area contributed by atoms with Crippen LogP contribution in [-0.4, -0.2) is 21.9 Å². The molecule has 0 aliphatic rings. The number of nitrogens with two attached hydrogens (primary N) is 1. The molecular weight excluding hydrogens is 262 g/mol. The van der Waals surface area contributed by atoms with Gasteiger partial charge in [-0.15, -0.1) is 0 Å². The third kappa shape index (κ3) is 4.14. The van der Waals surface area contributed by atoms with Crippen LogP contribution in [0.15, 0.2) is 24.3 Å². The molecule has 0 saturated carbocycles. The number of ketones is 1. The van der Waals surface area contributed by atoms with Crippen LogP contribution in [0.25, 0.3) is 11.0 Å². The van der Waals surface area contributed by atoms with Crippen LogP contribution in [0.1, 0.15) is 44.9 Å². The average Bonchev–Trinajstić information content (AvgIpc) is 2.84. The summed E-state index contributed by atoms with van der Waals surface area (Å²) in [6.45, 7) is 3.68. The predicted octanol–water partition coefficient (Wildman–Crippen LogP) is 3.08. The molecule has 0 aliphatic heterocycles. The highest BCUT2D eigenvalue weighted by Crippen LogP contribution is 2.17. The van der Waals surface area contributed by atoms with E-state index in [1.54, 1.807) is 0 Å². The highest BCUT2D eigenvalue weighted by molar-refractivity contribution is 5.82. The summed E-state index contributed by atoms with van der Waals surface area (Å²) in [5.74, 6) is 1.18. The van der Waals surface area contributed by atoms with E-state index in [-0.39, 0.29) is 5.78 Å². The minimum absolute atomic E-state index is 0.285. The summed E-state index contributed by atoms with van der Waals surface area (Å²) in [6.07, 6.45) is 5.33. The molecule has 1 heterocycles. The molecular formula is C17H25N3O. The van der Waals surface area contributed by atoms with Gasteiger partial charge in [0.1, 0.15) is 11.6 Å². The van der Waals surface area contributed by atoms with Crippen molar-refractivity contribution in [1.82, 2.24) is 9.55 Å². The Bertz CT molecular complexity index is 589. The molecule has 2 N–H and O–H groups in total. The van der Waals surface area contributed by atoms with Gasteiger partial charge in [0.05, 0.1) is 17.5 Å². The number of hydrogen-bond acceptors (Lipinski definition) is 3. The maximum absolute atomic E-state index is 12.1. The third-order valence-electron chi connectivity index (χ3n) is 3.81. The highest BCUT2D eigenvalue weighted by atomic mass is 16.1. The fourth-order valence-electron chi connectivity index (χ4n) is 2.70. The van der Waals surface area contributed by atoms with Crippen molar-refractivity contribution in [3.63, 3.8) is 0 Å². The van der Waals surface area contributed by atoms with Crippen LogP contribution in [-0.2, 0) is 17.8 Å². The first-order valence-corrected chi connectivity index (χ1v) is 7.92. The lowest BCUT2D eigenvalue weighted by atomic mass is 10.1. The zero-order valence-electron chi connectivity index (χ0n) is 12.8. The van der Waals surface area contributed by atoms with Crippen molar-refractivity contribution >= 4 is 16.8 Å². The third-order valence-corrected chi connectivity index (χ3v) is 3.81. The maximum Gasteiger partial charge on any atom is 0.140 e. The molecule has 0 spiro atoms. The minimum atomic E-state index is 0.285. The van der Waals surface area contributed by atoms with Crippen molar-refractivity contribution in [2.45, 2.75) is 52.0 Å². The predicted molar refractivity (Wildman–Crippen MR) is 86.3 cm³/mol. The summed E-state index contributed by atoms with van der Waals surface area (Å²) in [4.78, 5) is 16.7. The number of carbonyl (C=O) groups excluding carboxylic acids is 1. The first kappa shape index (κ1) is 15.7. The van der Waals surface area contributed by atoms with E-state index in [1.807, 2.05) is 18.2 Å². The first-order valence-electron chi connectivity index (χ1n) is 7.92. The van der Waals surface area contributed by atoms with Crippen molar-refractivity contribution in [2.75, 3.05) is 6.54 Å². The number of fused-ring (bicyclic) bond motifs is 1. The summed E-state index contributed by atoms with van der Waals surface area (Å²) >= 11 is 0. The average molecular weight is 287 g/mol. The standard InChI is InChI=1S/C17H25N3O/c1-2-20-16-11-7-6-10-15(16)19-17(20)13-14(21)9-5-3-4-8-12-18/h6-7,10-11H,2-5,8-9,12-13,18H2,1H3. The molecule has 0 aliphatic carbocycles. The number of aryl methyl sites for hydroxylation is 1. The molecule has 0 bridgehead atoms. The number of hydrogen-bond donors (Lipinski definition) is 1. The number of aromatic nitrogens is 2. The summed E-state index contributed by atoms with van der Waals surface area (Å²) < 4.78 is 2.14. The Morgan fingerprint density at radius 3 is 2.71 bits per heavy atom. The van der Waals surface area contributed by atoms with Gasteiger partial charge >= 0.3 is 0 Å². The van der Waals surface area contributed by atoms with Crippen LogP contribution in [0.4, 0.5) is 0 Å². The van der Waals surface area contributed by atoms with Gasteiger partial charge in [0.15, 0.2) is 0 Å². The molecule has 114 valence electrons. The fourth-order valence-corrected chi connectivity index (χ4v) is 2.70. The molecule has 0 radical (unpaired) electrons. The van der Waals surface area contributed by atoms with Gasteiger partial charge in [0.25, 0.3) is 0 Å². The SMILES string of the molecule is CCn1c(CC(=O)CCCCCCN)nc2ccccc21. The number of unbranched alkanes of at least 4 members (excludes halogenated alkanes) is 3. The maximum atomic E-state index is 12.1. The zero-order valence-corrected chi connectivity index (χ0v) is 12.8. The highest BCUT2D eigenvalue weighted by Gasteiger charge is 2.12. The van der Waals surface area contributed by atoms with Gasteiger partial charge in [0, 0.05) is 13.0 Å². The van der Waals surface area contributed by atoms with E-state index in [2.05, 4.69) is 22.5 Å². The van der Waals surface area contributed by atoms with Gasteiger partial charge in [-0.1, -0.05) is 25.0 Å². The molecule has 0 unspecified atom stereocenters. The van der Waals surface area contributed by atoms with Crippen LogP contribution in [0, 0.1) is 0 Å². The molecule has 1 aromatic heterocycles. The van der Waals surface area contributed by atoms with Crippen molar-refractivity contribution < 1.29 is 4.79 Å². The fraction of sp³-hybridized carbons (Fsp3) is 0.529. The van der Waals surface area contributed by atoms with E-state index in [9.17, 15) is 4.79 Å². The lowest BCUT2D eigenvalue weighted by Crippen LogP contribution is -2.09. The van der Waals surface area contributed by atoms with Crippen molar-refractivity contribution in [3.05, 3.63) is 30.1 Å². The van der Waals surface area contributed by atoms with Crippen LogP contribution >= 0.6 is 0 Å². The van der Waals surface area contributed by atoms with E-state index in [1.165, 1.54) is 0 Å². The van der Waals surface area contributed by atoms with Gasteiger partial charge < -0.3 is 10.3 Å². The Balaban J connectivity index is 1.94. The van der Waals surface area contributed by atoms with Gasteiger partial charge in [0.2, 0.25) is 0 Å². The van der Waals surface area contributed by atoms with Gasteiger partial charge in [-0.05, 0) is 38.4 Å². The van der Waals surface area contributed by atoms with Crippen LogP contribution in [0.5, 0.6) is 0 Å². The molecule has 0 atom stereocenters. The molecule has 2 aromatic rings. The molecule has 2 rings (SSSR count). The van der Waals surface area contributed by atoms with Crippen molar-refractivity contribution in [1.29, 1.82) is 0 Å². The van der Waals surface area contributed by atoms with Gasteiger partial charge in [-0.3, -0.25) is 4.79 Å². The minimum Gasteiger partial charge on any atom is -0.330 e. The summed E-state index contributed by atoms with van der Waals surface area (Å²) in [5, 5.41) is 0. The smallest absolute Gasteiger partial charge is 0.140 e. The number of benzene rings is 1. The van der Waals surface area contributed by atoms with Crippen LogP contribution < -0.4 is 5.73 Å². The van der Waals surface area contributed by atoms with Crippen molar-refractivity contribution in [3.8, 4) is 0 Å². The Morgan fingerprint density at radius 1 is 1.19 bits per heavy atom. The molecule has 4 heteroatoms. The first-order chi connectivity index (χ1) is 10.3. The van der Waals surface area contributed by atoms with E-state index >= 15 is 0 Å². The topological polar surface area (TPSA) is 60.9 Å². The van der Waals surface area contributed by atoms with E-state index in [0.717, 1.165) is 55.6 Å². The van der Waals surface area contributed by atoms with Crippen LogP contribution in [0.2, 0.25) is 0 Å². The number of Topliss-reactive ketones (excluding diaryl/α,β-unsaturated/α-hetero) is 1. The summed E-state index contributed by atoms with van der Waals surface area (Å²) in [5.41, 5.74) is 7.56. The Kier molecular flexibility index (Phi) is 5.93. The Labute approximate surface area is 126 Å². The largest absolute Gasteiger partial charge is 0.330 e. The Morgan fingerprint density at radius 2 is 1.95 bits per heavy atom. The number of para-hydroxylation sites is 2. The zero-order chi connectivity index (χ0) is 15.1. The molecule has 0 saturated heterocycles. The summed E-state index contributed by atoms with van der Waals surface area (Å²) in [7, 11) is 0. The van der Waals surface area contributed by atoms with Crippen molar-refractivity contribution in [2.24, 2.45) is 5.73 Å². The quantitative estimate of drug-likeness (QED) is 0.721. The normalized spacial score (nSPS) is 11.1. The van der Waals surface area contributed by atoms with E-state index < -0.39 is 0 Å².